The molecule has 0 aliphatic heterocycles. The van der Waals surface area contributed by atoms with Gasteiger partial charge in [0.25, 0.3) is 0 Å². The fraction of sp³-hybridized carbons (Fsp3) is 0.300. The number of rotatable bonds is 7. The Bertz CT molecular complexity index is 1060. The quantitative estimate of drug-likeness (QED) is 0.649. The highest BCUT2D eigenvalue weighted by Gasteiger charge is 2.17. The molecule has 7 nitrogen and oxygen atoms in total. The van der Waals surface area contributed by atoms with Crippen molar-refractivity contribution in [2.24, 2.45) is 0 Å². The van der Waals surface area contributed by atoms with Crippen LogP contribution in [0, 0.1) is 6.92 Å². The highest BCUT2D eigenvalue weighted by atomic mass is 32.2. The summed E-state index contributed by atoms with van der Waals surface area (Å²) < 4.78 is 37.8. The smallest absolute Gasteiger partial charge is 0.242 e. The molecule has 0 amide bonds. The zero-order valence-corrected chi connectivity index (χ0v) is 17.1. The van der Waals surface area contributed by atoms with E-state index in [0.29, 0.717) is 17.5 Å². The number of nitrogens with one attached hydrogen (secondary N) is 1. The summed E-state index contributed by atoms with van der Waals surface area (Å²) in [7, 11) is -2.17. The van der Waals surface area contributed by atoms with Gasteiger partial charge in [0.2, 0.25) is 21.7 Å². The predicted octanol–water partition coefficient (Wildman–Crippen LogP) is 3.66. The number of nitrogens with zero attached hydrogens (tertiary/aromatic N) is 2. The Morgan fingerprint density at radius 3 is 2.46 bits per heavy atom. The van der Waals surface area contributed by atoms with Crippen LogP contribution in [0.15, 0.2) is 51.9 Å². The maximum atomic E-state index is 12.5. The molecule has 28 heavy (non-hydrogen) atoms. The van der Waals surface area contributed by atoms with E-state index >= 15 is 0 Å². The first kappa shape index (κ1) is 20.0. The second kappa shape index (κ2) is 8.12. The summed E-state index contributed by atoms with van der Waals surface area (Å²) in [4.78, 5) is 4.42. The van der Waals surface area contributed by atoms with Crippen LogP contribution >= 0.6 is 0 Å². The molecule has 148 valence electrons. The van der Waals surface area contributed by atoms with E-state index in [1.54, 1.807) is 19.1 Å². The lowest BCUT2D eigenvalue weighted by Gasteiger charge is -2.08. The number of ether oxygens (including phenoxy) is 1. The molecule has 0 spiro atoms. The Morgan fingerprint density at radius 2 is 1.86 bits per heavy atom. The second-order valence-electron chi connectivity index (χ2n) is 6.74. The lowest BCUT2D eigenvalue weighted by atomic mass is 10.0. The summed E-state index contributed by atoms with van der Waals surface area (Å²) in [5, 5.41) is 3.93. The molecule has 0 unspecified atom stereocenters. The minimum Gasteiger partial charge on any atom is -0.496 e. The normalized spacial score (nSPS) is 11.8. The summed E-state index contributed by atoms with van der Waals surface area (Å²) in [5.41, 5.74) is 2.76. The van der Waals surface area contributed by atoms with E-state index < -0.39 is 10.0 Å². The number of aryl methyl sites for hydroxylation is 1. The second-order valence-corrected chi connectivity index (χ2v) is 8.51. The largest absolute Gasteiger partial charge is 0.496 e. The third-order valence-electron chi connectivity index (χ3n) is 4.39. The molecule has 0 aliphatic carbocycles. The topological polar surface area (TPSA) is 94.3 Å². The van der Waals surface area contributed by atoms with Gasteiger partial charge >= 0.3 is 0 Å². The van der Waals surface area contributed by atoms with Gasteiger partial charge in [-0.05, 0) is 42.2 Å². The summed E-state index contributed by atoms with van der Waals surface area (Å²) in [5.74, 6) is 1.68. The molecule has 2 aromatic carbocycles. The molecular weight excluding hydrogens is 378 g/mol. The van der Waals surface area contributed by atoms with Crippen LogP contribution in [0.5, 0.6) is 5.75 Å². The van der Waals surface area contributed by atoms with E-state index in [1.165, 1.54) is 18.7 Å². The maximum absolute atomic E-state index is 12.5. The number of methoxy groups -OCH3 is 1. The number of hydrogen-bond acceptors (Lipinski definition) is 6. The molecule has 1 aromatic heterocycles. The van der Waals surface area contributed by atoms with Gasteiger partial charge in [-0.15, -0.1) is 0 Å². The van der Waals surface area contributed by atoms with Crippen molar-refractivity contribution in [1.29, 1.82) is 0 Å². The molecule has 3 rings (SSSR count). The third-order valence-corrected chi connectivity index (χ3v) is 5.79. The lowest BCUT2D eigenvalue weighted by molar-refractivity contribution is 0.376. The molecule has 0 bridgehead atoms. The zero-order valence-electron chi connectivity index (χ0n) is 16.3. The Balaban J connectivity index is 1.70. The highest BCUT2D eigenvalue weighted by Crippen LogP contribution is 2.22. The number of hydrogen-bond donors (Lipinski definition) is 1. The van der Waals surface area contributed by atoms with E-state index in [0.717, 1.165) is 11.1 Å². The molecule has 0 saturated carbocycles. The van der Waals surface area contributed by atoms with E-state index in [2.05, 4.69) is 28.7 Å². The van der Waals surface area contributed by atoms with Crippen molar-refractivity contribution < 1.29 is 17.7 Å². The highest BCUT2D eigenvalue weighted by molar-refractivity contribution is 7.89. The van der Waals surface area contributed by atoms with E-state index in [4.69, 9.17) is 9.26 Å². The molecule has 0 fully saturated rings. The van der Waals surface area contributed by atoms with Crippen molar-refractivity contribution in [3.05, 3.63) is 59.5 Å². The molecule has 1 N–H and O–H groups in total. The maximum Gasteiger partial charge on any atom is 0.242 e. The predicted molar refractivity (Wildman–Crippen MR) is 106 cm³/mol. The van der Waals surface area contributed by atoms with Gasteiger partial charge in [0, 0.05) is 5.56 Å². The molecule has 8 heteroatoms. The van der Waals surface area contributed by atoms with Crippen LogP contribution in [-0.2, 0) is 16.6 Å². The number of aromatic nitrogens is 2. The molecule has 0 saturated heterocycles. The third kappa shape index (κ3) is 4.40. The van der Waals surface area contributed by atoms with Crippen LogP contribution in [0.1, 0.15) is 36.8 Å². The van der Waals surface area contributed by atoms with Crippen LogP contribution < -0.4 is 9.46 Å². The van der Waals surface area contributed by atoms with Crippen molar-refractivity contribution in [1.82, 2.24) is 14.9 Å². The van der Waals surface area contributed by atoms with Crippen molar-refractivity contribution in [3.63, 3.8) is 0 Å². The average Bonchev–Trinajstić information content (AvgIpc) is 3.15. The van der Waals surface area contributed by atoms with Crippen molar-refractivity contribution >= 4 is 10.0 Å². The Hall–Kier alpha value is -2.71. The molecular formula is C20H23N3O4S. The first-order valence-electron chi connectivity index (χ1n) is 8.87. The molecule has 0 radical (unpaired) electrons. The van der Waals surface area contributed by atoms with Gasteiger partial charge in [0.1, 0.15) is 5.75 Å². The average molecular weight is 401 g/mol. The van der Waals surface area contributed by atoms with Gasteiger partial charge in [-0.25, -0.2) is 13.1 Å². The monoisotopic (exact) mass is 401 g/mol. The Labute approximate surface area is 164 Å². The van der Waals surface area contributed by atoms with Crippen molar-refractivity contribution in [2.45, 2.75) is 38.1 Å². The Morgan fingerprint density at radius 1 is 1.14 bits per heavy atom. The van der Waals surface area contributed by atoms with E-state index in [9.17, 15) is 8.42 Å². The summed E-state index contributed by atoms with van der Waals surface area (Å²) >= 11 is 0. The number of sulfonamides is 1. The molecule has 0 atom stereocenters. The van der Waals surface area contributed by atoms with Gasteiger partial charge in [0.05, 0.1) is 18.6 Å². The van der Waals surface area contributed by atoms with Gasteiger partial charge in [-0.2, -0.15) is 4.98 Å². The van der Waals surface area contributed by atoms with Crippen LogP contribution in [0.2, 0.25) is 0 Å². The molecule has 3 aromatic rings. The van der Waals surface area contributed by atoms with Crippen LogP contribution in [-0.4, -0.2) is 25.7 Å². The summed E-state index contributed by atoms with van der Waals surface area (Å²) in [6, 6.07) is 12.5. The van der Waals surface area contributed by atoms with Crippen LogP contribution in [0.4, 0.5) is 0 Å². The Kier molecular flexibility index (Phi) is 5.81. The first-order chi connectivity index (χ1) is 13.3. The zero-order chi connectivity index (χ0) is 20.3. The van der Waals surface area contributed by atoms with Gasteiger partial charge in [-0.1, -0.05) is 43.3 Å². The van der Waals surface area contributed by atoms with E-state index in [1.807, 2.05) is 24.3 Å². The van der Waals surface area contributed by atoms with Gasteiger partial charge in [0.15, 0.2) is 0 Å². The van der Waals surface area contributed by atoms with Gasteiger partial charge < -0.3 is 9.26 Å². The molecule has 0 aliphatic rings. The minimum atomic E-state index is -3.71. The fourth-order valence-electron chi connectivity index (χ4n) is 2.72. The van der Waals surface area contributed by atoms with Gasteiger partial charge in [-0.3, -0.25) is 0 Å². The standard InChI is InChI=1S/C20H23N3O4S/c1-13(2)15-5-7-16(8-6-15)20-22-19(27-23-20)12-21-28(24,25)17-9-10-18(26-4)14(3)11-17/h5-11,13,21H,12H2,1-4H3. The van der Waals surface area contributed by atoms with Crippen LogP contribution in [0.3, 0.4) is 0 Å². The summed E-state index contributed by atoms with van der Waals surface area (Å²) in [6.45, 7) is 5.94. The van der Waals surface area contributed by atoms with Crippen LogP contribution in [0.25, 0.3) is 11.4 Å². The van der Waals surface area contributed by atoms with E-state index in [-0.39, 0.29) is 17.3 Å². The van der Waals surface area contributed by atoms with Crippen molar-refractivity contribution in [2.75, 3.05) is 7.11 Å². The first-order valence-corrected chi connectivity index (χ1v) is 10.4. The lowest BCUT2D eigenvalue weighted by Crippen LogP contribution is -2.23. The SMILES string of the molecule is COc1ccc(S(=O)(=O)NCc2nc(-c3ccc(C(C)C)cc3)no2)cc1C. The minimum absolute atomic E-state index is 0.0928. The van der Waals surface area contributed by atoms with Crippen molar-refractivity contribution in [3.8, 4) is 17.1 Å². The number of benzene rings is 2. The fourth-order valence-corrected chi connectivity index (χ4v) is 3.78. The molecule has 1 heterocycles. The summed E-state index contributed by atoms with van der Waals surface area (Å²) in [6.07, 6.45) is 0.